The van der Waals surface area contributed by atoms with Crippen molar-refractivity contribution in [3.8, 4) is 0 Å². The van der Waals surface area contributed by atoms with E-state index in [9.17, 15) is 0 Å². The van der Waals surface area contributed by atoms with Crippen molar-refractivity contribution in [2.45, 2.75) is 26.7 Å². The molecule has 1 heteroatoms. The first-order valence-electron chi connectivity index (χ1n) is 15.1. The molecule has 1 nitrogen and oxygen atoms in total. The number of hydrogen-bond donors (Lipinski definition) is 0. The van der Waals surface area contributed by atoms with E-state index in [1.54, 1.807) is 0 Å². The van der Waals surface area contributed by atoms with Crippen molar-refractivity contribution < 1.29 is 0 Å². The molecule has 0 bridgehead atoms. The summed E-state index contributed by atoms with van der Waals surface area (Å²) in [5.74, 6) is 0. The van der Waals surface area contributed by atoms with Crippen LogP contribution in [0.1, 0.15) is 40.7 Å². The molecule has 1 aliphatic carbocycles. The number of hydrogen-bond acceptors (Lipinski definition) is 1. The Balaban J connectivity index is 1.47. The lowest BCUT2D eigenvalue weighted by molar-refractivity contribution is 0.994. The fourth-order valence-electron chi connectivity index (χ4n) is 5.66. The van der Waals surface area contributed by atoms with Crippen LogP contribution in [-0.2, 0) is 0 Å². The molecule has 0 saturated heterocycles. The summed E-state index contributed by atoms with van der Waals surface area (Å²) in [6, 6.07) is 41.3. The Hall–Kier alpha value is -5.14. The SMILES string of the molecule is Cc1ccc(N(/C=C(\C2=CC=CCC2)c2ccccc2)c2ccc(/C=C/C=C/c3ccccc3C)c3ccccc23)cc1. The number of anilines is 2. The Kier molecular flexibility index (Phi) is 8.61. The third-order valence-electron chi connectivity index (χ3n) is 8.06. The fraction of sp³-hybridized carbons (Fsp3) is 0.0952. The predicted molar refractivity (Wildman–Crippen MR) is 187 cm³/mol. The molecule has 0 atom stereocenters. The zero-order chi connectivity index (χ0) is 29.4. The van der Waals surface area contributed by atoms with Gasteiger partial charge < -0.3 is 4.90 Å². The summed E-state index contributed by atoms with van der Waals surface area (Å²) in [5, 5.41) is 2.45. The van der Waals surface area contributed by atoms with Gasteiger partial charge in [-0.25, -0.2) is 0 Å². The van der Waals surface area contributed by atoms with Crippen LogP contribution in [-0.4, -0.2) is 0 Å². The van der Waals surface area contributed by atoms with Gasteiger partial charge in [0.05, 0.1) is 5.69 Å². The molecule has 0 fully saturated rings. The van der Waals surface area contributed by atoms with Crippen LogP contribution >= 0.6 is 0 Å². The van der Waals surface area contributed by atoms with E-state index in [0.29, 0.717) is 0 Å². The summed E-state index contributed by atoms with van der Waals surface area (Å²) in [7, 11) is 0. The molecule has 0 radical (unpaired) electrons. The highest BCUT2D eigenvalue weighted by Gasteiger charge is 2.16. The van der Waals surface area contributed by atoms with E-state index >= 15 is 0 Å². The third kappa shape index (κ3) is 6.52. The summed E-state index contributed by atoms with van der Waals surface area (Å²) in [6.45, 7) is 4.29. The number of nitrogens with zero attached hydrogens (tertiary/aromatic N) is 1. The molecule has 5 aromatic carbocycles. The summed E-state index contributed by atoms with van der Waals surface area (Å²) in [5.41, 5.74) is 11.1. The lowest BCUT2D eigenvalue weighted by Crippen LogP contribution is -2.11. The summed E-state index contributed by atoms with van der Waals surface area (Å²) >= 11 is 0. The Labute approximate surface area is 256 Å². The van der Waals surface area contributed by atoms with Crippen LogP contribution < -0.4 is 4.90 Å². The Morgan fingerprint density at radius 1 is 0.651 bits per heavy atom. The number of benzene rings is 5. The predicted octanol–water partition coefficient (Wildman–Crippen LogP) is 11.6. The largest absolute Gasteiger partial charge is 0.316 e. The first-order valence-corrected chi connectivity index (χ1v) is 15.1. The number of allylic oxidation sites excluding steroid dienone is 7. The van der Waals surface area contributed by atoms with Gasteiger partial charge >= 0.3 is 0 Å². The lowest BCUT2D eigenvalue weighted by atomic mass is 9.92. The van der Waals surface area contributed by atoms with Crippen molar-refractivity contribution in [3.05, 3.63) is 185 Å². The molecule has 0 spiro atoms. The van der Waals surface area contributed by atoms with Crippen LogP contribution in [0.5, 0.6) is 0 Å². The van der Waals surface area contributed by atoms with Crippen LogP contribution in [0.25, 0.3) is 28.5 Å². The lowest BCUT2D eigenvalue weighted by Gasteiger charge is -2.26. The van der Waals surface area contributed by atoms with Gasteiger partial charge in [0.15, 0.2) is 0 Å². The van der Waals surface area contributed by atoms with Gasteiger partial charge in [0.1, 0.15) is 0 Å². The van der Waals surface area contributed by atoms with E-state index < -0.39 is 0 Å². The zero-order valence-corrected chi connectivity index (χ0v) is 24.9. The Morgan fingerprint density at radius 3 is 2.09 bits per heavy atom. The van der Waals surface area contributed by atoms with Gasteiger partial charge in [-0.2, -0.15) is 0 Å². The molecule has 0 N–H and O–H groups in total. The van der Waals surface area contributed by atoms with Crippen LogP contribution in [0.15, 0.2) is 157 Å². The van der Waals surface area contributed by atoms with E-state index in [0.717, 1.165) is 24.2 Å². The molecule has 0 amide bonds. The van der Waals surface area contributed by atoms with Crippen LogP contribution in [0, 0.1) is 13.8 Å². The minimum absolute atomic E-state index is 1.03. The van der Waals surface area contributed by atoms with E-state index in [-0.39, 0.29) is 0 Å². The Morgan fingerprint density at radius 2 is 1.35 bits per heavy atom. The maximum Gasteiger partial charge on any atom is 0.0534 e. The maximum absolute atomic E-state index is 2.37. The van der Waals surface area contributed by atoms with Crippen LogP contribution in [0.4, 0.5) is 11.4 Å². The van der Waals surface area contributed by atoms with Gasteiger partial charge in [-0.3, -0.25) is 0 Å². The van der Waals surface area contributed by atoms with Crippen molar-refractivity contribution in [1.82, 2.24) is 0 Å². The summed E-state index contributed by atoms with van der Waals surface area (Å²) in [4.78, 5) is 2.37. The van der Waals surface area contributed by atoms with Crippen molar-refractivity contribution >= 4 is 39.9 Å². The second kappa shape index (κ2) is 13.2. The van der Waals surface area contributed by atoms with Gasteiger partial charge in [-0.05, 0) is 78.1 Å². The zero-order valence-electron chi connectivity index (χ0n) is 24.9. The van der Waals surface area contributed by atoms with Crippen molar-refractivity contribution in [1.29, 1.82) is 0 Å². The second-order valence-electron chi connectivity index (χ2n) is 11.1. The van der Waals surface area contributed by atoms with Crippen LogP contribution in [0.3, 0.4) is 0 Å². The highest BCUT2D eigenvalue weighted by Crippen LogP contribution is 2.38. The normalized spacial score (nSPS) is 13.6. The van der Waals surface area contributed by atoms with Crippen molar-refractivity contribution in [3.63, 3.8) is 0 Å². The molecular weight excluding hydrogens is 518 g/mol. The van der Waals surface area contributed by atoms with Crippen molar-refractivity contribution in [2.24, 2.45) is 0 Å². The molecule has 1 aliphatic rings. The second-order valence-corrected chi connectivity index (χ2v) is 11.1. The number of rotatable bonds is 8. The minimum atomic E-state index is 1.03. The molecule has 0 saturated carbocycles. The quantitative estimate of drug-likeness (QED) is 0.172. The Bertz CT molecular complexity index is 1860. The molecule has 6 rings (SSSR count). The molecule has 5 aromatic rings. The van der Waals surface area contributed by atoms with Crippen LogP contribution in [0.2, 0.25) is 0 Å². The van der Waals surface area contributed by atoms with Gasteiger partial charge in [-0.1, -0.05) is 145 Å². The molecule has 210 valence electrons. The van der Waals surface area contributed by atoms with Gasteiger partial charge in [0.25, 0.3) is 0 Å². The van der Waals surface area contributed by atoms with Gasteiger partial charge in [0.2, 0.25) is 0 Å². The topological polar surface area (TPSA) is 3.24 Å². The van der Waals surface area contributed by atoms with Gasteiger partial charge in [0, 0.05) is 22.8 Å². The third-order valence-corrected chi connectivity index (χ3v) is 8.06. The number of aryl methyl sites for hydroxylation is 2. The van der Waals surface area contributed by atoms with E-state index in [4.69, 9.17) is 0 Å². The first-order chi connectivity index (χ1) is 21.2. The van der Waals surface area contributed by atoms with Gasteiger partial charge in [-0.15, -0.1) is 0 Å². The summed E-state index contributed by atoms with van der Waals surface area (Å²) < 4.78 is 0. The van der Waals surface area contributed by atoms with Crippen molar-refractivity contribution in [2.75, 3.05) is 4.90 Å². The van der Waals surface area contributed by atoms with E-state index in [1.807, 2.05) is 0 Å². The average Bonchev–Trinajstić information content (AvgIpc) is 3.06. The highest BCUT2D eigenvalue weighted by molar-refractivity contribution is 6.02. The molecule has 0 unspecified atom stereocenters. The molecule has 43 heavy (non-hydrogen) atoms. The standard InChI is InChI=1S/C42H37N/c1-32-25-28-38(29-26-32)43(31-41(35-18-5-3-6-19-35)36-20-7-4-8-21-36)42-30-27-37(39-23-13-14-24-40(39)42)22-12-11-17-34-16-10-9-15-33(34)2/h3-7,9-20,22-31H,8,21H2,1-2H3/b17-11+,22-12+,41-31-. The maximum atomic E-state index is 2.37. The molecule has 0 aliphatic heterocycles. The smallest absolute Gasteiger partial charge is 0.0534 e. The fourth-order valence-corrected chi connectivity index (χ4v) is 5.66. The summed E-state index contributed by atoms with van der Waals surface area (Å²) in [6.07, 6.45) is 19.8. The monoisotopic (exact) mass is 555 g/mol. The average molecular weight is 556 g/mol. The van der Waals surface area contributed by atoms with E-state index in [2.05, 4.69) is 183 Å². The molecule has 0 heterocycles. The first kappa shape index (κ1) is 28.0. The molecular formula is C42H37N. The number of fused-ring (bicyclic) bond motifs is 1. The highest BCUT2D eigenvalue weighted by atomic mass is 15.1. The minimum Gasteiger partial charge on any atom is -0.316 e. The molecule has 0 aromatic heterocycles. The van der Waals surface area contributed by atoms with E-state index in [1.165, 1.54) is 49.7 Å².